The predicted octanol–water partition coefficient (Wildman–Crippen LogP) is 3.46. The summed E-state index contributed by atoms with van der Waals surface area (Å²) < 4.78 is 17.7. The molecule has 2 unspecified atom stereocenters. The first-order chi connectivity index (χ1) is 13.0. The molecular formula is C20H25BrN2O4. The Morgan fingerprint density at radius 2 is 2.11 bits per heavy atom. The number of ether oxygens (including phenoxy) is 2. The Morgan fingerprint density at radius 1 is 1.33 bits per heavy atom. The molecule has 1 amide bonds. The van der Waals surface area contributed by atoms with Gasteiger partial charge in [-0.05, 0) is 50.2 Å². The van der Waals surface area contributed by atoms with Gasteiger partial charge in [-0.3, -0.25) is 9.69 Å². The van der Waals surface area contributed by atoms with Crippen LogP contribution >= 0.6 is 15.9 Å². The molecule has 1 fully saturated rings. The van der Waals surface area contributed by atoms with Gasteiger partial charge >= 0.3 is 0 Å². The van der Waals surface area contributed by atoms with E-state index < -0.39 is 0 Å². The van der Waals surface area contributed by atoms with Crippen molar-refractivity contribution in [2.24, 2.45) is 0 Å². The summed E-state index contributed by atoms with van der Waals surface area (Å²) in [5.41, 5.74) is 0. The van der Waals surface area contributed by atoms with Gasteiger partial charge in [-0.2, -0.15) is 0 Å². The van der Waals surface area contributed by atoms with Crippen molar-refractivity contribution < 1.29 is 18.7 Å². The van der Waals surface area contributed by atoms with Crippen molar-refractivity contribution in [2.45, 2.75) is 32.5 Å². The minimum atomic E-state index is -0.211. The SMILES string of the molecule is CC(CNC(=O)c1ccc(COc2ccc(Br)cc2)o1)N1CCOCC1C. The van der Waals surface area contributed by atoms with Gasteiger partial charge in [-0.15, -0.1) is 0 Å². The zero-order valence-electron chi connectivity index (χ0n) is 15.6. The van der Waals surface area contributed by atoms with Gasteiger partial charge < -0.3 is 19.2 Å². The van der Waals surface area contributed by atoms with Crippen molar-refractivity contribution in [1.82, 2.24) is 10.2 Å². The van der Waals surface area contributed by atoms with Gasteiger partial charge in [0.05, 0.1) is 13.2 Å². The van der Waals surface area contributed by atoms with Crippen molar-refractivity contribution >= 4 is 21.8 Å². The van der Waals surface area contributed by atoms with E-state index in [-0.39, 0.29) is 18.6 Å². The van der Waals surface area contributed by atoms with E-state index in [9.17, 15) is 4.79 Å². The zero-order valence-corrected chi connectivity index (χ0v) is 17.2. The Balaban J connectivity index is 1.47. The fourth-order valence-corrected chi connectivity index (χ4v) is 3.37. The number of benzene rings is 1. The Labute approximate surface area is 167 Å². The van der Waals surface area contributed by atoms with E-state index in [4.69, 9.17) is 13.9 Å². The van der Waals surface area contributed by atoms with Gasteiger partial charge in [-0.1, -0.05) is 15.9 Å². The summed E-state index contributed by atoms with van der Waals surface area (Å²) in [7, 11) is 0. The normalized spacial score (nSPS) is 18.9. The molecular weight excluding hydrogens is 412 g/mol. The first-order valence-electron chi connectivity index (χ1n) is 9.11. The van der Waals surface area contributed by atoms with E-state index in [0.717, 1.165) is 30.0 Å². The Bertz CT molecular complexity index is 747. The predicted molar refractivity (Wildman–Crippen MR) is 106 cm³/mol. The van der Waals surface area contributed by atoms with Crippen LogP contribution in [0.3, 0.4) is 0 Å². The summed E-state index contributed by atoms with van der Waals surface area (Å²) in [5.74, 6) is 1.44. The third-order valence-electron chi connectivity index (χ3n) is 4.62. The molecule has 0 aliphatic carbocycles. The van der Waals surface area contributed by atoms with Crippen LogP contribution in [0.2, 0.25) is 0 Å². The molecule has 0 bridgehead atoms. The summed E-state index contributed by atoms with van der Waals surface area (Å²) in [5, 5.41) is 2.95. The van der Waals surface area contributed by atoms with Crippen LogP contribution in [0, 0.1) is 0 Å². The molecule has 27 heavy (non-hydrogen) atoms. The number of carbonyl (C=O) groups is 1. The van der Waals surface area contributed by atoms with E-state index in [2.05, 4.69) is 40.0 Å². The maximum atomic E-state index is 12.3. The van der Waals surface area contributed by atoms with Gasteiger partial charge in [-0.25, -0.2) is 0 Å². The molecule has 6 nitrogen and oxygen atoms in total. The number of amides is 1. The number of hydrogen-bond acceptors (Lipinski definition) is 5. The lowest BCUT2D eigenvalue weighted by molar-refractivity contribution is -0.0179. The number of nitrogens with one attached hydrogen (secondary N) is 1. The highest BCUT2D eigenvalue weighted by atomic mass is 79.9. The van der Waals surface area contributed by atoms with Crippen molar-refractivity contribution in [3.63, 3.8) is 0 Å². The molecule has 0 radical (unpaired) electrons. The maximum Gasteiger partial charge on any atom is 0.287 e. The molecule has 2 heterocycles. The van der Waals surface area contributed by atoms with Crippen LogP contribution in [-0.2, 0) is 11.3 Å². The fraction of sp³-hybridized carbons (Fsp3) is 0.450. The van der Waals surface area contributed by atoms with Crippen LogP contribution < -0.4 is 10.1 Å². The van der Waals surface area contributed by atoms with E-state index in [1.165, 1.54) is 0 Å². The first kappa shape index (κ1) is 19.9. The number of rotatable bonds is 7. The lowest BCUT2D eigenvalue weighted by atomic mass is 10.2. The van der Waals surface area contributed by atoms with Crippen molar-refractivity contribution in [2.75, 3.05) is 26.3 Å². The Morgan fingerprint density at radius 3 is 2.85 bits per heavy atom. The molecule has 1 aliphatic rings. The minimum Gasteiger partial charge on any atom is -0.486 e. The third kappa shape index (κ3) is 5.57. The molecule has 0 spiro atoms. The van der Waals surface area contributed by atoms with E-state index in [0.29, 0.717) is 24.1 Å². The van der Waals surface area contributed by atoms with Crippen LogP contribution in [0.15, 0.2) is 45.3 Å². The number of hydrogen-bond donors (Lipinski definition) is 1. The lowest BCUT2D eigenvalue weighted by Crippen LogP contribution is -2.51. The van der Waals surface area contributed by atoms with Crippen molar-refractivity contribution in [1.29, 1.82) is 0 Å². The van der Waals surface area contributed by atoms with E-state index >= 15 is 0 Å². The van der Waals surface area contributed by atoms with Gasteiger partial charge in [0, 0.05) is 29.6 Å². The molecule has 1 N–H and O–H groups in total. The minimum absolute atomic E-state index is 0.211. The summed E-state index contributed by atoms with van der Waals surface area (Å²) in [6.45, 7) is 7.45. The van der Waals surface area contributed by atoms with Crippen LogP contribution in [-0.4, -0.2) is 49.2 Å². The average Bonchev–Trinajstić information content (AvgIpc) is 3.15. The number of halogens is 1. The van der Waals surface area contributed by atoms with Crippen molar-refractivity contribution in [3.8, 4) is 5.75 Å². The summed E-state index contributed by atoms with van der Waals surface area (Å²) >= 11 is 3.39. The second-order valence-corrected chi connectivity index (χ2v) is 7.65. The van der Waals surface area contributed by atoms with E-state index in [1.807, 2.05) is 24.3 Å². The molecule has 1 aliphatic heterocycles. The molecule has 1 aromatic carbocycles. The van der Waals surface area contributed by atoms with Crippen molar-refractivity contribution in [3.05, 3.63) is 52.4 Å². The highest BCUT2D eigenvalue weighted by molar-refractivity contribution is 9.10. The number of furan rings is 1. The van der Waals surface area contributed by atoms with Gasteiger partial charge in [0.15, 0.2) is 5.76 Å². The number of nitrogens with zero attached hydrogens (tertiary/aromatic N) is 1. The Hall–Kier alpha value is -1.83. The Kier molecular flexibility index (Phi) is 6.93. The first-order valence-corrected chi connectivity index (χ1v) is 9.91. The van der Waals surface area contributed by atoms with Gasteiger partial charge in [0.25, 0.3) is 5.91 Å². The smallest absolute Gasteiger partial charge is 0.287 e. The van der Waals surface area contributed by atoms with E-state index in [1.54, 1.807) is 12.1 Å². The fourth-order valence-electron chi connectivity index (χ4n) is 3.10. The largest absolute Gasteiger partial charge is 0.486 e. The molecule has 1 aromatic heterocycles. The zero-order chi connectivity index (χ0) is 19.2. The number of carbonyl (C=O) groups excluding carboxylic acids is 1. The molecule has 7 heteroatoms. The summed E-state index contributed by atoms with van der Waals surface area (Å²) in [4.78, 5) is 14.7. The topological polar surface area (TPSA) is 63.9 Å². The second kappa shape index (κ2) is 9.39. The molecule has 2 atom stereocenters. The van der Waals surface area contributed by atoms with Crippen LogP contribution in [0.5, 0.6) is 5.75 Å². The molecule has 0 saturated carbocycles. The van der Waals surface area contributed by atoms with Gasteiger partial charge in [0.2, 0.25) is 0 Å². The molecule has 1 saturated heterocycles. The highest BCUT2D eigenvalue weighted by Gasteiger charge is 2.24. The highest BCUT2D eigenvalue weighted by Crippen LogP contribution is 2.18. The van der Waals surface area contributed by atoms with Crippen LogP contribution in [0.4, 0.5) is 0 Å². The maximum absolute atomic E-state index is 12.3. The summed E-state index contributed by atoms with van der Waals surface area (Å²) in [6.07, 6.45) is 0. The van der Waals surface area contributed by atoms with Crippen LogP contribution in [0.1, 0.15) is 30.2 Å². The van der Waals surface area contributed by atoms with Crippen LogP contribution in [0.25, 0.3) is 0 Å². The second-order valence-electron chi connectivity index (χ2n) is 6.73. The standard InChI is InChI=1S/C20H25BrN2O4/c1-14(23-9-10-25-12-15(23)2)11-22-20(24)19-8-7-18(27-19)13-26-17-5-3-16(21)4-6-17/h3-8,14-15H,9-13H2,1-2H3,(H,22,24). The average molecular weight is 437 g/mol. The lowest BCUT2D eigenvalue weighted by Gasteiger charge is -2.37. The van der Waals surface area contributed by atoms with Gasteiger partial charge in [0.1, 0.15) is 18.1 Å². The molecule has 3 rings (SSSR count). The summed E-state index contributed by atoms with van der Waals surface area (Å²) in [6, 6.07) is 11.6. The molecule has 2 aromatic rings. The third-order valence-corrected chi connectivity index (χ3v) is 5.15. The quantitative estimate of drug-likeness (QED) is 0.719. The molecule has 146 valence electrons. The monoisotopic (exact) mass is 436 g/mol. The number of morpholine rings is 1.